The maximum absolute atomic E-state index is 13.5. The maximum Gasteiger partial charge on any atom is 0.573 e. The third-order valence-corrected chi connectivity index (χ3v) is 7.09. The molecule has 242 valence electrons. The summed E-state index contributed by atoms with van der Waals surface area (Å²) in [7, 11) is 1.19. The van der Waals surface area contributed by atoms with Crippen molar-refractivity contribution in [1.82, 2.24) is 10.6 Å². The van der Waals surface area contributed by atoms with Gasteiger partial charge < -0.3 is 29.6 Å². The van der Waals surface area contributed by atoms with E-state index in [1.165, 1.54) is 37.4 Å². The number of urea groups is 1. The summed E-state index contributed by atoms with van der Waals surface area (Å²) in [6.45, 7) is -0.416. The van der Waals surface area contributed by atoms with E-state index in [0.717, 1.165) is 37.1 Å². The van der Waals surface area contributed by atoms with E-state index in [4.69, 9.17) is 4.74 Å². The molecule has 45 heavy (non-hydrogen) atoms. The van der Waals surface area contributed by atoms with E-state index < -0.39 is 48.4 Å². The number of hydrogen-bond acceptors (Lipinski definition) is 6. The Labute approximate surface area is 254 Å². The molecule has 1 saturated carbocycles. The zero-order valence-corrected chi connectivity index (χ0v) is 24.0. The van der Waals surface area contributed by atoms with Crippen LogP contribution in [0.5, 0.6) is 17.2 Å². The summed E-state index contributed by atoms with van der Waals surface area (Å²) in [6, 6.07) is 15.0. The number of hydrogen-bond donors (Lipinski definition) is 2. The monoisotopic (exact) mass is 640 g/mol. The molecule has 4 rings (SSSR count). The molecule has 0 unspecified atom stereocenters. The van der Waals surface area contributed by atoms with Gasteiger partial charge in [-0.25, -0.2) is 9.59 Å². The third kappa shape index (κ3) is 9.68. The van der Waals surface area contributed by atoms with E-state index in [1.807, 2.05) is 0 Å². The largest absolute Gasteiger partial charge is 0.573 e. The first kappa shape index (κ1) is 33.3. The van der Waals surface area contributed by atoms with Crippen molar-refractivity contribution < 1.29 is 54.9 Å². The molecule has 0 heterocycles. The van der Waals surface area contributed by atoms with Gasteiger partial charge in [0.05, 0.1) is 12.6 Å². The molecular formula is C31H30F6N2O6. The second-order valence-corrected chi connectivity index (χ2v) is 10.3. The van der Waals surface area contributed by atoms with Gasteiger partial charge in [0.25, 0.3) is 0 Å². The fourth-order valence-corrected chi connectivity index (χ4v) is 5.21. The highest BCUT2D eigenvalue weighted by atomic mass is 19.4. The minimum absolute atomic E-state index is 0.0656. The average Bonchev–Trinajstić information content (AvgIpc) is 3.47. The lowest BCUT2D eigenvalue weighted by Gasteiger charge is -2.37. The number of alkyl halides is 6. The van der Waals surface area contributed by atoms with E-state index in [2.05, 4.69) is 24.8 Å². The Kier molecular flexibility index (Phi) is 10.3. The van der Waals surface area contributed by atoms with Crippen molar-refractivity contribution in [2.45, 2.75) is 56.4 Å². The number of rotatable bonds is 11. The smallest absolute Gasteiger partial charge is 0.482 e. The van der Waals surface area contributed by atoms with Crippen LogP contribution in [-0.4, -0.2) is 44.5 Å². The van der Waals surface area contributed by atoms with Crippen LogP contribution >= 0.6 is 0 Å². The molecule has 0 aromatic heterocycles. The molecule has 0 aliphatic heterocycles. The summed E-state index contributed by atoms with van der Waals surface area (Å²) >= 11 is 0. The van der Waals surface area contributed by atoms with Crippen molar-refractivity contribution in [2.24, 2.45) is 0 Å². The number of methoxy groups -OCH3 is 1. The van der Waals surface area contributed by atoms with Gasteiger partial charge in [-0.2, -0.15) is 0 Å². The first-order valence-electron chi connectivity index (χ1n) is 13.8. The van der Waals surface area contributed by atoms with Crippen LogP contribution in [0.2, 0.25) is 0 Å². The Hall–Kier alpha value is -4.62. The summed E-state index contributed by atoms with van der Waals surface area (Å²) in [5.74, 6) is -1.64. The molecule has 0 saturated heterocycles. The van der Waals surface area contributed by atoms with Gasteiger partial charge in [-0.05, 0) is 65.9 Å². The van der Waals surface area contributed by atoms with Crippen LogP contribution < -0.4 is 24.8 Å². The van der Waals surface area contributed by atoms with Crippen LogP contribution in [0.25, 0.3) is 0 Å². The quantitative estimate of drug-likeness (QED) is 0.178. The molecule has 3 aromatic carbocycles. The zero-order chi connectivity index (χ0) is 32.7. The van der Waals surface area contributed by atoms with Crippen molar-refractivity contribution in [3.8, 4) is 17.2 Å². The normalized spacial score (nSPS) is 14.0. The number of nitrogens with one attached hydrogen (secondary N) is 2. The molecule has 1 aliphatic rings. The Morgan fingerprint density at radius 3 is 1.84 bits per heavy atom. The molecule has 0 bridgehead atoms. The van der Waals surface area contributed by atoms with Crippen LogP contribution in [0.3, 0.4) is 0 Å². The lowest BCUT2D eigenvalue weighted by atomic mass is 9.77. The van der Waals surface area contributed by atoms with Crippen molar-refractivity contribution >= 4 is 12.0 Å². The predicted molar refractivity (Wildman–Crippen MR) is 149 cm³/mol. The van der Waals surface area contributed by atoms with E-state index in [9.17, 15) is 35.9 Å². The molecule has 14 heteroatoms. The average molecular weight is 641 g/mol. The number of carbonyl (C=O) groups is 2. The summed E-state index contributed by atoms with van der Waals surface area (Å²) in [5, 5.41) is 5.73. The molecule has 0 radical (unpaired) electrons. The van der Waals surface area contributed by atoms with Crippen LogP contribution in [0, 0.1) is 0 Å². The number of amides is 2. The highest BCUT2D eigenvalue weighted by molar-refractivity contribution is 5.76. The van der Waals surface area contributed by atoms with Gasteiger partial charge in [0.2, 0.25) is 0 Å². The second-order valence-electron chi connectivity index (χ2n) is 10.3. The Morgan fingerprint density at radius 1 is 0.778 bits per heavy atom. The lowest BCUT2D eigenvalue weighted by Crippen LogP contribution is -2.53. The molecule has 3 aromatic rings. The second kappa shape index (κ2) is 14.0. The fourth-order valence-electron chi connectivity index (χ4n) is 5.21. The molecule has 2 amide bonds. The van der Waals surface area contributed by atoms with E-state index in [0.29, 0.717) is 18.4 Å². The summed E-state index contributed by atoms with van der Waals surface area (Å²) < 4.78 is 97.6. The van der Waals surface area contributed by atoms with Gasteiger partial charge in [-0.3, -0.25) is 0 Å². The molecule has 0 spiro atoms. The standard InChI is InChI=1S/C31H30F6N2O6/c1-42-27(40)19-43-24-12-4-7-20(15-24)18-29(39-28(41)38-23-10-2-3-11-23,21-8-5-13-25(16-21)44-30(32,33)34)22-9-6-14-26(17-22)45-31(35,36)37/h4-9,12-17,23H,2-3,10-11,18-19H2,1H3,(H2,38,39,41). The number of carbonyl (C=O) groups excluding carboxylic acids is 2. The molecule has 8 nitrogen and oxygen atoms in total. The van der Waals surface area contributed by atoms with Gasteiger partial charge in [0, 0.05) is 12.5 Å². The van der Waals surface area contributed by atoms with Crippen LogP contribution in [0.4, 0.5) is 31.1 Å². The zero-order valence-electron chi connectivity index (χ0n) is 24.0. The summed E-state index contributed by atoms with van der Waals surface area (Å²) in [6.07, 6.45) is -7.07. The van der Waals surface area contributed by atoms with Crippen LogP contribution in [0.15, 0.2) is 72.8 Å². The van der Waals surface area contributed by atoms with Crippen molar-refractivity contribution in [1.29, 1.82) is 0 Å². The van der Waals surface area contributed by atoms with Gasteiger partial charge in [-0.1, -0.05) is 49.2 Å². The minimum Gasteiger partial charge on any atom is -0.482 e. The molecule has 1 aliphatic carbocycles. The van der Waals surface area contributed by atoms with Crippen LogP contribution in [-0.2, 0) is 21.5 Å². The topological polar surface area (TPSA) is 95.1 Å². The number of halogens is 6. The Bertz CT molecular complexity index is 1410. The number of ether oxygens (including phenoxy) is 4. The van der Waals surface area contributed by atoms with Crippen molar-refractivity contribution in [2.75, 3.05) is 13.7 Å². The Balaban J connectivity index is 1.86. The van der Waals surface area contributed by atoms with Gasteiger partial charge in [0.1, 0.15) is 17.2 Å². The Morgan fingerprint density at radius 2 is 1.31 bits per heavy atom. The minimum atomic E-state index is -5.04. The highest BCUT2D eigenvalue weighted by Gasteiger charge is 2.40. The van der Waals surface area contributed by atoms with Crippen molar-refractivity contribution in [3.05, 3.63) is 89.5 Å². The predicted octanol–water partition coefficient (Wildman–Crippen LogP) is 6.76. The third-order valence-electron chi connectivity index (χ3n) is 7.09. The maximum atomic E-state index is 13.5. The molecule has 1 fully saturated rings. The van der Waals surface area contributed by atoms with Crippen molar-refractivity contribution in [3.63, 3.8) is 0 Å². The van der Waals surface area contributed by atoms with Gasteiger partial charge >= 0.3 is 24.7 Å². The lowest BCUT2D eigenvalue weighted by molar-refractivity contribution is -0.275. The SMILES string of the molecule is COC(=O)COc1cccc(CC(NC(=O)NC2CCCC2)(c2cccc(OC(F)(F)F)c2)c2cccc(OC(F)(F)F)c2)c1. The molecular weight excluding hydrogens is 610 g/mol. The van der Waals surface area contributed by atoms with Gasteiger partial charge in [-0.15, -0.1) is 26.3 Å². The first-order chi connectivity index (χ1) is 21.2. The first-order valence-corrected chi connectivity index (χ1v) is 13.8. The highest BCUT2D eigenvalue weighted by Crippen LogP contribution is 2.39. The molecule has 2 N–H and O–H groups in total. The number of benzene rings is 3. The van der Waals surface area contributed by atoms with Gasteiger partial charge in [0.15, 0.2) is 6.61 Å². The molecule has 0 atom stereocenters. The number of esters is 1. The summed E-state index contributed by atoms with van der Waals surface area (Å²) in [5.41, 5.74) is -1.20. The van der Waals surface area contributed by atoms with E-state index >= 15 is 0 Å². The van der Waals surface area contributed by atoms with E-state index in [-0.39, 0.29) is 29.3 Å². The summed E-state index contributed by atoms with van der Waals surface area (Å²) in [4.78, 5) is 25.1. The fraction of sp³-hybridized carbons (Fsp3) is 0.355. The van der Waals surface area contributed by atoms with Crippen LogP contribution in [0.1, 0.15) is 42.4 Å². The van der Waals surface area contributed by atoms with E-state index in [1.54, 1.807) is 18.2 Å².